The molecule has 0 saturated heterocycles. The van der Waals surface area contributed by atoms with E-state index in [9.17, 15) is 10.1 Å². The van der Waals surface area contributed by atoms with E-state index in [1.807, 2.05) is 11.9 Å². The van der Waals surface area contributed by atoms with Crippen LogP contribution in [-0.4, -0.2) is 60.2 Å². The predicted molar refractivity (Wildman–Crippen MR) is 79.1 cm³/mol. The van der Waals surface area contributed by atoms with Gasteiger partial charge in [0, 0.05) is 26.7 Å². The van der Waals surface area contributed by atoms with Crippen LogP contribution in [0.25, 0.3) is 0 Å². The number of rotatable bonds is 9. The van der Waals surface area contributed by atoms with Crippen LogP contribution in [0.2, 0.25) is 0 Å². The maximum Gasteiger partial charge on any atom is 0.332 e. The summed E-state index contributed by atoms with van der Waals surface area (Å²) in [6.07, 6.45) is 0. The van der Waals surface area contributed by atoms with Crippen LogP contribution in [0.1, 0.15) is 5.69 Å². The van der Waals surface area contributed by atoms with Gasteiger partial charge in [0.2, 0.25) is 11.8 Å². The van der Waals surface area contributed by atoms with E-state index in [1.165, 1.54) is 6.92 Å². The lowest BCUT2D eigenvalue weighted by Gasteiger charge is -2.16. The number of hydrogen-bond donors (Lipinski definition) is 3. The van der Waals surface area contributed by atoms with Crippen molar-refractivity contribution >= 4 is 17.5 Å². The van der Waals surface area contributed by atoms with Crippen molar-refractivity contribution in [2.75, 3.05) is 51.1 Å². The molecule has 1 aromatic heterocycles. The Bertz CT molecular complexity index is 483. The van der Waals surface area contributed by atoms with E-state index < -0.39 is 4.92 Å². The van der Waals surface area contributed by atoms with Gasteiger partial charge < -0.3 is 15.0 Å². The first-order valence-corrected chi connectivity index (χ1v) is 6.40. The van der Waals surface area contributed by atoms with Crippen LogP contribution in [0.5, 0.6) is 0 Å². The highest BCUT2D eigenvalue weighted by Gasteiger charge is 2.21. The maximum absolute atomic E-state index is 11.1. The molecule has 10 heteroatoms. The summed E-state index contributed by atoms with van der Waals surface area (Å²) < 4.78 is 4.98. The standard InChI is InChI=1S/C11H21N7O3/c1-8-9(18(19)20)10(15-11(14-8)16-12)13-4-5-17(2)6-7-21-3/h4-7,12H2,1-3H3,(H2,13,14,15,16). The molecule has 0 aliphatic rings. The summed E-state index contributed by atoms with van der Waals surface area (Å²) in [4.78, 5) is 20.5. The number of nitro groups is 1. The molecule has 21 heavy (non-hydrogen) atoms. The van der Waals surface area contributed by atoms with Crippen molar-refractivity contribution in [3.63, 3.8) is 0 Å². The molecule has 1 aromatic rings. The lowest BCUT2D eigenvalue weighted by molar-refractivity contribution is -0.385. The van der Waals surface area contributed by atoms with Crippen LogP contribution in [0.15, 0.2) is 0 Å². The zero-order chi connectivity index (χ0) is 15.8. The molecule has 0 spiro atoms. The zero-order valence-electron chi connectivity index (χ0n) is 12.4. The summed E-state index contributed by atoms with van der Waals surface area (Å²) in [6.45, 7) is 4.14. The summed E-state index contributed by atoms with van der Waals surface area (Å²) in [5.41, 5.74) is 2.39. The van der Waals surface area contributed by atoms with E-state index in [-0.39, 0.29) is 23.1 Å². The third kappa shape index (κ3) is 5.10. The lowest BCUT2D eigenvalue weighted by Crippen LogP contribution is -2.28. The highest BCUT2D eigenvalue weighted by Crippen LogP contribution is 2.25. The number of nitrogens with zero attached hydrogens (tertiary/aromatic N) is 4. The van der Waals surface area contributed by atoms with Gasteiger partial charge in [-0.15, -0.1) is 0 Å². The summed E-state index contributed by atoms with van der Waals surface area (Å²) >= 11 is 0. The van der Waals surface area contributed by atoms with Crippen LogP contribution in [0, 0.1) is 17.0 Å². The molecule has 10 nitrogen and oxygen atoms in total. The average Bonchev–Trinajstić information content (AvgIpc) is 2.43. The molecule has 0 aliphatic heterocycles. The smallest absolute Gasteiger partial charge is 0.332 e. The fourth-order valence-electron chi connectivity index (χ4n) is 1.70. The molecule has 4 N–H and O–H groups in total. The van der Waals surface area contributed by atoms with Crippen molar-refractivity contribution in [2.24, 2.45) is 5.84 Å². The van der Waals surface area contributed by atoms with Crippen LogP contribution in [0.3, 0.4) is 0 Å². The summed E-state index contributed by atoms with van der Waals surface area (Å²) in [5.74, 6) is 5.54. The quantitative estimate of drug-likeness (QED) is 0.326. The largest absolute Gasteiger partial charge is 0.383 e. The third-order valence-electron chi connectivity index (χ3n) is 2.83. The summed E-state index contributed by atoms with van der Waals surface area (Å²) in [5, 5.41) is 14.0. The topological polar surface area (TPSA) is 131 Å². The third-order valence-corrected chi connectivity index (χ3v) is 2.83. The Hall–Kier alpha value is -2.04. The van der Waals surface area contributed by atoms with Gasteiger partial charge >= 0.3 is 5.69 Å². The van der Waals surface area contributed by atoms with Crippen molar-refractivity contribution in [1.29, 1.82) is 0 Å². The van der Waals surface area contributed by atoms with Crippen molar-refractivity contribution in [3.05, 3.63) is 15.8 Å². The van der Waals surface area contributed by atoms with Gasteiger partial charge in [0.15, 0.2) is 0 Å². The molecule has 0 radical (unpaired) electrons. The Morgan fingerprint density at radius 1 is 1.43 bits per heavy atom. The summed E-state index contributed by atoms with van der Waals surface area (Å²) in [6, 6.07) is 0. The van der Waals surface area contributed by atoms with E-state index in [1.54, 1.807) is 7.11 Å². The molecule has 0 atom stereocenters. The Labute approximate surface area is 122 Å². The second-order valence-electron chi connectivity index (χ2n) is 4.45. The summed E-state index contributed by atoms with van der Waals surface area (Å²) in [7, 11) is 3.58. The van der Waals surface area contributed by atoms with Crippen LogP contribution in [-0.2, 0) is 4.74 Å². The van der Waals surface area contributed by atoms with Crippen LogP contribution in [0.4, 0.5) is 17.5 Å². The number of likely N-dealkylation sites (N-methyl/N-ethyl adjacent to an activating group) is 1. The van der Waals surface area contributed by atoms with Crippen molar-refractivity contribution in [1.82, 2.24) is 14.9 Å². The van der Waals surface area contributed by atoms with Gasteiger partial charge in [-0.1, -0.05) is 0 Å². The van der Waals surface area contributed by atoms with Gasteiger partial charge in [0.05, 0.1) is 11.5 Å². The molecule has 0 aliphatic carbocycles. The minimum absolute atomic E-state index is 0.133. The Balaban J connectivity index is 2.72. The number of anilines is 2. The maximum atomic E-state index is 11.1. The van der Waals surface area contributed by atoms with Crippen molar-refractivity contribution in [2.45, 2.75) is 6.92 Å². The number of hydrazine groups is 1. The number of aromatic nitrogens is 2. The highest BCUT2D eigenvalue weighted by molar-refractivity contribution is 5.60. The number of aryl methyl sites for hydroxylation is 1. The Morgan fingerprint density at radius 2 is 2.14 bits per heavy atom. The second-order valence-corrected chi connectivity index (χ2v) is 4.45. The van der Waals surface area contributed by atoms with E-state index >= 15 is 0 Å². The van der Waals surface area contributed by atoms with Crippen LogP contribution < -0.4 is 16.6 Å². The van der Waals surface area contributed by atoms with E-state index in [0.29, 0.717) is 19.7 Å². The molecule has 118 valence electrons. The van der Waals surface area contributed by atoms with Gasteiger partial charge in [0.1, 0.15) is 5.69 Å². The molecular formula is C11H21N7O3. The fraction of sp³-hybridized carbons (Fsp3) is 0.636. The number of hydrogen-bond acceptors (Lipinski definition) is 9. The van der Waals surface area contributed by atoms with Gasteiger partial charge in [-0.05, 0) is 14.0 Å². The first kappa shape index (κ1) is 17.0. The van der Waals surface area contributed by atoms with Gasteiger partial charge in [-0.2, -0.15) is 4.98 Å². The molecular weight excluding hydrogens is 278 g/mol. The first-order valence-electron chi connectivity index (χ1n) is 6.40. The molecule has 0 fully saturated rings. The second kappa shape index (κ2) is 8.29. The Kier molecular flexibility index (Phi) is 6.72. The first-order chi connectivity index (χ1) is 9.99. The number of ether oxygens (including phenoxy) is 1. The Morgan fingerprint density at radius 3 is 2.71 bits per heavy atom. The zero-order valence-corrected chi connectivity index (χ0v) is 12.4. The highest BCUT2D eigenvalue weighted by atomic mass is 16.6. The predicted octanol–water partition coefficient (Wildman–Crippen LogP) is -0.0311. The fourth-order valence-corrected chi connectivity index (χ4v) is 1.70. The van der Waals surface area contributed by atoms with E-state index in [2.05, 4.69) is 20.7 Å². The number of nitrogen functional groups attached to an aromatic ring is 1. The SMILES string of the molecule is COCCN(C)CCNc1nc(NN)nc(C)c1[N+](=O)[O-]. The van der Waals surface area contributed by atoms with Gasteiger partial charge in [-0.25, -0.2) is 10.8 Å². The monoisotopic (exact) mass is 299 g/mol. The molecule has 0 aromatic carbocycles. The average molecular weight is 299 g/mol. The number of nitrogens with two attached hydrogens (primary N) is 1. The molecule has 1 heterocycles. The van der Waals surface area contributed by atoms with E-state index in [4.69, 9.17) is 10.6 Å². The molecule has 0 bridgehead atoms. The van der Waals surface area contributed by atoms with Gasteiger partial charge in [-0.3, -0.25) is 15.5 Å². The minimum atomic E-state index is -0.507. The molecule has 0 saturated carbocycles. The minimum Gasteiger partial charge on any atom is -0.383 e. The van der Waals surface area contributed by atoms with Crippen LogP contribution >= 0.6 is 0 Å². The van der Waals surface area contributed by atoms with Crippen molar-refractivity contribution < 1.29 is 9.66 Å². The molecule has 0 unspecified atom stereocenters. The number of methoxy groups -OCH3 is 1. The van der Waals surface area contributed by atoms with Gasteiger partial charge in [0.25, 0.3) is 0 Å². The molecule has 0 amide bonds. The van der Waals surface area contributed by atoms with Crippen molar-refractivity contribution in [3.8, 4) is 0 Å². The number of nitrogens with one attached hydrogen (secondary N) is 2. The van der Waals surface area contributed by atoms with E-state index in [0.717, 1.165) is 6.54 Å². The molecule has 1 rings (SSSR count). The normalized spacial score (nSPS) is 10.7. The lowest BCUT2D eigenvalue weighted by atomic mass is 10.3.